The highest BCUT2D eigenvalue weighted by molar-refractivity contribution is 8.00. The molecule has 8 heteroatoms. The second-order valence-electron chi connectivity index (χ2n) is 5.49. The van der Waals surface area contributed by atoms with E-state index < -0.39 is 18.1 Å². The number of amides is 1. The molecule has 1 amide bonds. The Hall–Kier alpha value is -1.70. The highest BCUT2D eigenvalue weighted by Gasteiger charge is 2.54. The molecule has 3 rings (SSSR count). The topological polar surface area (TPSA) is 81.9 Å². The number of hydrogen-bond acceptors (Lipinski definition) is 6. The monoisotopic (exact) mass is 370 g/mol. The zero-order chi connectivity index (χ0) is 16.6. The van der Waals surface area contributed by atoms with Crippen LogP contribution in [0.15, 0.2) is 36.4 Å². The number of β-lactam (4-membered cyclic amide) rings is 1. The molecular weight excluding hydrogens is 352 g/mol. The van der Waals surface area contributed by atoms with Gasteiger partial charge in [0.1, 0.15) is 23.8 Å². The molecule has 24 heavy (non-hydrogen) atoms. The highest BCUT2D eigenvalue weighted by Crippen LogP contribution is 2.39. The van der Waals surface area contributed by atoms with Gasteiger partial charge >= 0.3 is 5.97 Å². The average Bonchev–Trinajstić information content (AvgIpc) is 2.59. The van der Waals surface area contributed by atoms with E-state index >= 15 is 0 Å². The summed E-state index contributed by atoms with van der Waals surface area (Å²) in [5.41, 5.74) is 7.29. The summed E-state index contributed by atoms with van der Waals surface area (Å²) >= 11 is 1.53. The number of nitrogens with two attached hydrogens (primary N) is 1. The first-order chi connectivity index (χ1) is 11.0. The largest absolute Gasteiger partial charge is 0.497 e. The second kappa shape index (κ2) is 7.46. The number of benzene rings is 1. The zero-order valence-corrected chi connectivity index (χ0v) is 14.8. The predicted octanol–water partition coefficient (Wildman–Crippen LogP) is 1.33. The van der Waals surface area contributed by atoms with Gasteiger partial charge in [-0.05, 0) is 23.3 Å². The molecule has 6 nitrogen and oxygen atoms in total. The van der Waals surface area contributed by atoms with Gasteiger partial charge in [0.25, 0.3) is 0 Å². The van der Waals surface area contributed by atoms with Gasteiger partial charge in [-0.1, -0.05) is 18.7 Å². The number of carbonyl (C=O) groups excluding carboxylic acids is 2. The van der Waals surface area contributed by atoms with Gasteiger partial charge in [0, 0.05) is 5.75 Å². The number of esters is 1. The van der Waals surface area contributed by atoms with Crippen molar-refractivity contribution in [2.75, 3.05) is 12.9 Å². The molecule has 2 unspecified atom stereocenters. The summed E-state index contributed by atoms with van der Waals surface area (Å²) in [6.07, 6.45) is 0. The van der Waals surface area contributed by atoms with E-state index in [1.807, 2.05) is 12.1 Å². The van der Waals surface area contributed by atoms with Crippen molar-refractivity contribution in [1.29, 1.82) is 0 Å². The molecule has 0 aromatic heterocycles. The molecule has 3 atom stereocenters. The van der Waals surface area contributed by atoms with Crippen LogP contribution in [0.4, 0.5) is 0 Å². The average molecular weight is 371 g/mol. The number of methoxy groups -OCH3 is 1. The summed E-state index contributed by atoms with van der Waals surface area (Å²) in [5, 5.41) is -0.161. The molecule has 2 N–H and O–H groups in total. The number of carbonyl (C=O) groups is 2. The highest BCUT2D eigenvalue weighted by atomic mass is 35.5. The minimum Gasteiger partial charge on any atom is -0.497 e. The summed E-state index contributed by atoms with van der Waals surface area (Å²) in [6.45, 7) is 4.04. The number of ether oxygens (including phenoxy) is 2. The van der Waals surface area contributed by atoms with Crippen LogP contribution in [-0.4, -0.2) is 47.1 Å². The molecule has 0 aliphatic carbocycles. The summed E-state index contributed by atoms with van der Waals surface area (Å²) in [4.78, 5) is 25.8. The van der Waals surface area contributed by atoms with Crippen LogP contribution >= 0.6 is 24.2 Å². The van der Waals surface area contributed by atoms with Crippen molar-refractivity contribution < 1.29 is 19.1 Å². The third-order valence-corrected chi connectivity index (χ3v) is 5.39. The Morgan fingerprint density at radius 2 is 2.08 bits per heavy atom. The van der Waals surface area contributed by atoms with Crippen molar-refractivity contribution >= 4 is 36.0 Å². The lowest BCUT2D eigenvalue weighted by atomic mass is 9.99. The predicted molar refractivity (Wildman–Crippen MR) is 94.0 cm³/mol. The maximum Gasteiger partial charge on any atom is 0.333 e. The minimum absolute atomic E-state index is 0. The maximum atomic E-state index is 12.4. The maximum absolute atomic E-state index is 12.4. The van der Waals surface area contributed by atoms with Crippen LogP contribution in [0, 0.1) is 0 Å². The lowest BCUT2D eigenvalue weighted by molar-refractivity contribution is -0.162. The van der Waals surface area contributed by atoms with Gasteiger partial charge in [-0.2, -0.15) is 0 Å². The fraction of sp³-hybridized carbons (Fsp3) is 0.375. The molecule has 2 saturated heterocycles. The minimum atomic E-state index is -0.730. The number of rotatable bonds is 4. The van der Waals surface area contributed by atoms with Crippen LogP contribution in [0.3, 0.4) is 0 Å². The third-order valence-electron chi connectivity index (χ3n) is 3.99. The number of fused-ring (bicyclic) bond motifs is 1. The molecule has 2 heterocycles. The van der Waals surface area contributed by atoms with Crippen LogP contribution in [0.1, 0.15) is 5.56 Å². The van der Waals surface area contributed by atoms with Gasteiger partial charge in [0.2, 0.25) is 5.91 Å². The van der Waals surface area contributed by atoms with E-state index in [2.05, 4.69) is 6.58 Å². The smallest absolute Gasteiger partial charge is 0.333 e. The number of halogens is 1. The Bertz CT molecular complexity index is 652. The van der Waals surface area contributed by atoms with Crippen LogP contribution < -0.4 is 10.5 Å². The van der Waals surface area contributed by atoms with Crippen molar-refractivity contribution in [3.05, 3.63) is 42.0 Å². The molecule has 1 aromatic rings. The third kappa shape index (κ3) is 3.24. The van der Waals surface area contributed by atoms with Crippen molar-refractivity contribution in [1.82, 2.24) is 4.90 Å². The molecule has 0 bridgehead atoms. The number of nitrogens with zero attached hydrogens (tertiary/aromatic N) is 1. The SMILES string of the molecule is C=C1CS[C@@H]2C(N)C(=O)N2C1C(=O)OCc1ccc(OC)cc1.Cl. The Morgan fingerprint density at radius 3 is 2.71 bits per heavy atom. The van der Waals surface area contributed by atoms with Crippen LogP contribution in [-0.2, 0) is 20.9 Å². The first kappa shape index (κ1) is 18.6. The van der Waals surface area contributed by atoms with Gasteiger partial charge in [-0.25, -0.2) is 4.79 Å². The van der Waals surface area contributed by atoms with E-state index in [1.54, 1.807) is 19.2 Å². The van der Waals surface area contributed by atoms with E-state index in [9.17, 15) is 9.59 Å². The van der Waals surface area contributed by atoms with E-state index in [0.29, 0.717) is 11.3 Å². The van der Waals surface area contributed by atoms with E-state index in [-0.39, 0.29) is 30.3 Å². The van der Waals surface area contributed by atoms with E-state index in [1.165, 1.54) is 16.7 Å². The van der Waals surface area contributed by atoms with Gasteiger partial charge in [0.05, 0.1) is 7.11 Å². The molecule has 0 radical (unpaired) electrons. The summed E-state index contributed by atoms with van der Waals surface area (Å²) in [6, 6.07) is 5.98. The Balaban J connectivity index is 0.00000208. The summed E-state index contributed by atoms with van der Waals surface area (Å²) < 4.78 is 10.4. The Labute approximate surface area is 150 Å². The normalized spacial score (nSPS) is 25.2. The van der Waals surface area contributed by atoms with E-state index in [4.69, 9.17) is 15.2 Å². The van der Waals surface area contributed by atoms with Gasteiger partial charge < -0.3 is 20.1 Å². The zero-order valence-electron chi connectivity index (χ0n) is 13.1. The molecule has 2 fully saturated rings. The van der Waals surface area contributed by atoms with Crippen molar-refractivity contribution in [2.24, 2.45) is 5.73 Å². The fourth-order valence-electron chi connectivity index (χ4n) is 2.67. The van der Waals surface area contributed by atoms with Crippen LogP contribution in [0.2, 0.25) is 0 Å². The molecule has 2 aliphatic rings. The quantitative estimate of drug-likeness (QED) is 0.489. The Morgan fingerprint density at radius 1 is 1.42 bits per heavy atom. The van der Waals surface area contributed by atoms with Gasteiger partial charge in [-0.3, -0.25) is 4.79 Å². The van der Waals surface area contributed by atoms with Gasteiger partial charge in [0.15, 0.2) is 6.04 Å². The summed E-state index contributed by atoms with van der Waals surface area (Å²) in [7, 11) is 1.59. The lowest BCUT2D eigenvalue weighted by Crippen LogP contribution is -2.73. The van der Waals surface area contributed by atoms with Crippen molar-refractivity contribution in [3.8, 4) is 5.75 Å². The fourth-order valence-corrected chi connectivity index (χ4v) is 3.92. The molecule has 1 aromatic carbocycles. The molecule has 0 saturated carbocycles. The van der Waals surface area contributed by atoms with Crippen molar-refractivity contribution in [2.45, 2.75) is 24.1 Å². The lowest BCUT2D eigenvalue weighted by Gasteiger charge is -2.51. The summed E-state index contributed by atoms with van der Waals surface area (Å²) in [5.74, 6) is 0.650. The molecule has 130 valence electrons. The van der Waals surface area contributed by atoms with Crippen molar-refractivity contribution in [3.63, 3.8) is 0 Å². The molecule has 0 spiro atoms. The first-order valence-electron chi connectivity index (χ1n) is 7.19. The van der Waals surface area contributed by atoms with E-state index in [0.717, 1.165) is 11.3 Å². The second-order valence-corrected chi connectivity index (χ2v) is 6.59. The standard InChI is InChI=1S/C16H18N2O4S.ClH/c1-9-8-23-15-12(17)14(19)18(15)13(9)16(20)22-7-10-3-5-11(21-2)6-4-10;/h3-6,12-13,15H,1,7-8,17H2,2H3;1H/t12?,13?,15-;/m1./s1. The van der Waals surface area contributed by atoms with Gasteiger partial charge in [-0.15, -0.1) is 24.2 Å². The first-order valence-corrected chi connectivity index (χ1v) is 8.24. The molecular formula is C16H19ClN2O4S. The number of hydrogen-bond donors (Lipinski definition) is 1. The Kier molecular flexibility index (Phi) is 5.79. The number of thioether (sulfide) groups is 1. The van der Waals surface area contributed by atoms with Crippen LogP contribution in [0.5, 0.6) is 5.75 Å². The van der Waals surface area contributed by atoms with Crippen LogP contribution in [0.25, 0.3) is 0 Å². The molecule has 2 aliphatic heterocycles.